The summed E-state index contributed by atoms with van der Waals surface area (Å²) in [5, 5.41) is 8.44. The van der Waals surface area contributed by atoms with Crippen LogP contribution in [0.5, 0.6) is 0 Å². The number of nitrogen functional groups attached to an aromatic ring is 1. The van der Waals surface area contributed by atoms with Gasteiger partial charge in [0.05, 0.1) is 0 Å². The van der Waals surface area contributed by atoms with Crippen LogP contribution in [-0.4, -0.2) is 16.1 Å². The normalized spacial score (nSPS) is 8.36. The molecule has 0 aliphatic heterocycles. The summed E-state index contributed by atoms with van der Waals surface area (Å²) >= 11 is 0. The second-order valence-corrected chi connectivity index (χ2v) is 1.71. The van der Waals surface area contributed by atoms with Crippen LogP contribution in [0, 0.1) is 6.20 Å². The first-order valence-corrected chi connectivity index (χ1v) is 2.56. The first kappa shape index (κ1) is 10.5. The quantitative estimate of drug-likeness (QED) is 0.668. The third-order valence-corrected chi connectivity index (χ3v) is 1.03. The Labute approximate surface area is 88.7 Å². The van der Waals surface area contributed by atoms with Crippen molar-refractivity contribution in [3.05, 3.63) is 24.0 Å². The maximum atomic E-state index is 10.3. The third kappa shape index (κ3) is 2.56. The van der Waals surface area contributed by atoms with Crippen LogP contribution < -0.4 is 5.73 Å². The average molecular weight is 226 g/mol. The van der Waals surface area contributed by atoms with E-state index in [-0.39, 0.29) is 44.0 Å². The Morgan fingerprint density at radius 2 is 2.36 bits per heavy atom. The van der Waals surface area contributed by atoms with Gasteiger partial charge in [-0.3, -0.25) is 4.79 Å². The van der Waals surface area contributed by atoms with Gasteiger partial charge in [0.2, 0.25) is 0 Å². The molecular formula is C6H5N2O2Y-. The fraction of sp³-hybridized carbons (Fsp3) is 0. The van der Waals surface area contributed by atoms with Gasteiger partial charge in [0.15, 0.2) is 0 Å². The SMILES string of the molecule is Nc1cn[c-]cc1C(=O)O.[Y]. The third-order valence-electron chi connectivity index (χ3n) is 1.03. The van der Waals surface area contributed by atoms with Gasteiger partial charge in [-0.2, -0.15) is 0 Å². The van der Waals surface area contributed by atoms with Gasteiger partial charge in [-0.05, 0) is 11.3 Å². The molecular weight excluding hydrogens is 221 g/mol. The Morgan fingerprint density at radius 1 is 1.73 bits per heavy atom. The molecule has 1 heterocycles. The van der Waals surface area contributed by atoms with Gasteiger partial charge in [-0.25, -0.2) is 0 Å². The summed E-state index contributed by atoms with van der Waals surface area (Å²) in [7, 11) is 0. The number of aromatic nitrogens is 1. The van der Waals surface area contributed by atoms with E-state index in [1.807, 2.05) is 0 Å². The second-order valence-electron chi connectivity index (χ2n) is 1.71. The molecule has 1 rings (SSSR count). The molecule has 0 aliphatic carbocycles. The van der Waals surface area contributed by atoms with Crippen LogP contribution in [0.25, 0.3) is 0 Å². The number of carboxylic acid groups (broad SMARTS) is 1. The largest absolute Gasteiger partial charge is 0.487 e. The van der Waals surface area contributed by atoms with Crippen molar-refractivity contribution in [3.63, 3.8) is 0 Å². The zero-order chi connectivity index (χ0) is 7.56. The molecule has 11 heavy (non-hydrogen) atoms. The summed E-state index contributed by atoms with van der Waals surface area (Å²) in [4.78, 5) is 13.8. The predicted octanol–water partition coefficient (Wildman–Crippen LogP) is 0.160. The van der Waals surface area contributed by atoms with Crippen LogP contribution in [-0.2, 0) is 32.7 Å². The van der Waals surface area contributed by atoms with Crippen molar-refractivity contribution in [2.75, 3.05) is 5.73 Å². The molecule has 0 aromatic carbocycles. The standard InChI is InChI=1S/C6H5N2O2.Y/c7-5-3-8-2-1-4(5)6(9)10;/h1,3H,7H2,(H,9,10);/q-1;. The van der Waals surface area contributed by atoms with E-state index in [0.717, 1.165) is 0 Å². The summed E-state index contributed by atoms with van der Waals surface area (Å²) in [5.41, 5.74) is 5.45. The predicted molar refractivity (Wildman–Crippen MR) is 34.4 cm³/mol. The Bertz CT molecular complexity index is 265. The molecule has 0 amide bonds. The maximum Gasteiger partial charge on any atom is 0.280 e. The summed E-state index contributed by atoms with van der Waals surface area (Å²) in [6, 6.07) is 1.23. The number of nitrogens with zero attached hydrogens (tertiary/aromatic N) is 1. The zero-order valence-corrected chi connectivity index (χ0v) is 8.45. The van der Waals surface area contributed by atoms with Gasteiger partial charge < -0.3 is 15.8 Å². The van der Waals surface area contributed by atoms with Crippen molar-refractivity contribution >= 4 is 11.7 Å². The number of carbonyl (C=O) groups is 1. The molecule has 0 unspecified atom stereocenters. The van der Waals surface area contributed by atoms with Gasteiger partial charge in [0.25, 0.3) is 5.97 Å². The fourth-order valence-corrected chi connectivity index (χ4v) is 0.547. The van der Waals surface area contributed by atoms with Crippen LogP contribution in [0.3, 0.4) is 0 Å². The summed E-state index contributed by atoms with van der Waals surface area (Å²) in [6.07, 6.45) is 3.63. The molecule has 0 spiro atoms. The molecule has 0 saturated carbocycles. The topological polar surface area (TPSA) is 76.2 Å². The molecule has 0 bridgehead atoms. The van der Waals surface area contributed by atoms with Crippen molar-refractivity contribution in [3.8, 4) is 0 Å². The average Bonchev–Trinajstić information content (AvgIpc) is 1.88. The van der Waals surface area contributed by atoms with Gasteiger partial charge in [0, 0.05) is 32.7 Å². The number of hydrogen-bond acceptors (Lipinski definition) is 3. The molecule has 0 aliphatic rings. The van der Waals surface area contributed by atoms with Crippen LogP contribution in [0.4, 0.5) is 5.69 Å². The molecule has 5 heteroatoms. The Morgan fingerprint density at radius 3 is 2.73 bits per heavy atom. The van der Waals surface area contributed by atoms with Crippen molar-refractivity contribution in [2.45, 2.75) is 0 Å². The summed E-state index contributed by atoms with van der Waals surface area (Å²) < 4.78 is 0. The molecule has 3 N–H and O–H groups in total. The number of rotatable bonds is 1. The summed E-state index contributed by atoms with van der Waals surface area (Å²) in [6.45, 7) is 0. The second kappa shape index (κ2) is 4.41. The van der Waals surface area contributed by atoms with E-state index in [1.54, 1.807) is 0 Å². The minimum absolute atomic E-state index is 0. The van der Waals surface area contributed by atoms with E-state index in [9.17, 15) is 4.79 Å². The van der Waals surface area contributed by atoms with Crippen LogP contribution in [0.1, 0.15) is 10.4 Å². The number of aromatic carboxylic acids is 1. The van der Waals surface area contributed by atoms with Crippen molar-refractivity contribution in [1.82, 2.24) is 4.98 Å². The van der Waals surface area contributed by atoms with Gasteiger partial charge in [-0.15, -0.1) is 6.07 Å². The zero-order valence-electron chi connectivity index (χ0n) is 5.61. The van der Waals surface area contributed by atoms with Crippen LogP contribution >= 0.6 is 0 Å². The van der Waals surface area contributed by atoms with E-state index < -0.39 is 5.97 Å². The fourth-order valence-electron chi connectivity index (χ4n) is 0.547. The van der Waals surface area contributed by atoms with Crippen LogP contribution in [0.15, 0.2) is 12.3 Å². The molecule has 0 atom stereocenters. The van der Waals surface area contributed by atoms with E-state index in [1.165, 1.54) is 12.3 Å². The van der Waals surface area contributed by atoms with Crippen molar-refractivity contribution in [2.24, 2.45) is 0 Å². The first-order valence-electron chi connectivity index (χ1n) is 2.56. The number of anilines is 1. The molecule has 1 radical (unpaired) electrons. The number of nitrogens with two attached hydrogens (primary N) is 1. The molecule has 0 fully saturated rings. The van der Waals surface area contributed by atoms with Gasteiger partial charge in [-0.1, -0.05) is 12.4 Å². The van der Waals surface area contributed by atoms with Gasteiger partial charge >= 0.3 is 0 Å². The molecule has 0 saturated heterocycles. The molecule has 1 aromatic heterocycles. The van der Waals surface area contributed by atoms with E-state index in [4.69, 9.17) is 10.8 Å². The van der Waals surface area contributed by atoms with E-state index in [2.05, 4.69) is 11.2 Å². The monoisotopic (exact) mass is 226 g/mol. The van der Waals surface area contributed by atoms with Gasteiger partial charge in [0.1, 0.15) is 0 Å². The number of carboxylic acids is 1. The minimum atomic E-state index is -1.06. The van der Waals surface area contributed by atoms with E-state index >= 15 is 0 Å². The van der Waals surface area contributed by atoms with E-state index in [0.29, 0.717) is 0 Å². The Hall–Kier alpha value is -0.476. The number of pyridine rings is 1. The van der Waals surface area contributed by atoms with Crippen molar-refractivity contribution < 1.29 is 42.6 Å². The molecule has 55 valence electrons. The van der Waals surface area contributed by atoms with Crippen LogP contribution in [0.2, 0.25) is 0 Å². The number of hydrogen-bond donors (Lipinski definition) is 2. The summed E-state index contributed by atoms with van der Waals surface area (Å²) in [5.74, 6) is -1.06. The minimum Gasteiger partial charge on any atom is -0.487 e. The molecule has 4 nitrogen and oxygen atoms in total. The first-order chi connectivity index (χ1) is 4.72. The smallest absolute Gasteiger partial charge is 0.280 e. The molecule has 1 aromatic rings. The Balaban J connectivity index is 0.000001000. The van der Waals surface area contributed by atoms with Crippen molar-refractivity contribution in [1.29, 1.82) is 0 Å². The maximum absolute atomic E-state index is 10.3. The Kier molecular flexibility index (Phi) is 4.22.